The van der Waals surface area contributed by atoms with E-state index in [0.717, 1.165) is 43.5 Å². The van der Waals surface area contributed by atoms with E-state index in [1.54, 1.807) is 7.11 Å². The second-order valence-electron chi connectivity index (χ2n) is 5.37. The molecule has 0 saturated heterocycles. The number of nitrogens with one attached hydrogen (secondary N) is 1. The van der Waals surface area contributed by atoms with Crippen molar-refractivity contribution in [1.29, 1.82) is 0 Å². The molecule has 0 spiro atoms. The van der Waals surface area contributed by atoms with Crippen molar-refractivity contribution in [2.24, 2.45) is 7.05 Å². The molecule has 2 heterocycles. The molecule has 0 bridgehead atoms. The number of aromatic nitrogens is 4. The Hall–Kier alpha value is -1.82. The van der Waals surface area contributed by atoms with Gasteiger partial charge >= 0.3 is 0 Å². The molecule has 21 heavy (non-hydrogen) atoms. The van der Waals surface area contributed by atoms with E-state index in [-0.39, 0.29) is 0 Å². The highest BCUT2D eigenvalue weighted by molar-refractivity contribution is 5.33. The monoisotopic (exact) mass is 291 g/mol. The number of methoxy groups -OCH3 is 1. The van der Waals surface area contributed by atoms with E-state index in [2.05, 4.69) is 33.1 Å². The maximum absolute atomic E-state index is 5.11. The summed E-state index contributed by atoms with van der Waals surface area (Å²) < 4.78 is 9.18. The molecule has 2 rings (SSSR count). The molecule has 6 nitrogen and oxygen atoms in total. The van der Waals surface area contributed by atoms with Gasteiger partial charge in [0.05, 0.1) is 11.4 Å². The minimum Gasteiger partial charge on any atom is -0.385 e. The van der Waals surface area contributed by atoms with E-state index in [4.69, 9.17) is 4.74 Å². The maximum atomic E-state index is 5.11. The van der Waals surface area contributed by atoms with E-state index in [1.165, 1.54) is 11.3 Å². The van der Waals surface area contributed by atoms with E-state index < -0.39 is 0 Å². The molecule has 2 aromatic heterocycles. The predicted molar refractivity (Wildman–Crippen MR) is 83.5 cm³/mol. The number of imidazole rings is 1. The highest BCUT2D eigenvalue weighted by atomic mass is 16.5. The van der Waals surface area contributed by atoms with Gasteiger partial charge in [-0.2, -0.15) is 5.10 Å². The molecule has 0 aliphatic rings. The zero-order valence-electron chi connectivity index (χ0n) is 13.6. The van der Waals surface area contributed by atoms with Crippen LogP contribution in [0.5, 0.6) is 0 Å². The first-order valence-corrected chi connectivity index (χ1v) is 7.28. The summed E-state index contributed by atoms with van der Waals surface area (Å²) in [4.78, 5) is 4.55. The molecule has 2 aromatic rings. The van der Waals surface area contributed by atoms with Gasteiger partial charge in [0.1, 0.15) is 0 Å². The van der Waals surface area contributed by atoms with Crippen molar-refractivity contribution in [3.05, 3.63) is 28.8 Å². The van der Waals surface area contributed by atoms with Crippen LogP contribution in [0, 0.1) is 20.8 Å². The summed E-state index contributed by atoms with van der Waals surface area (Å²) in [6.07, 6.45) is 3.05. The Morgan fingerprint density at radius 3 is 2.67 bits per heavy atom. The van der Waals surface area contributed by atoms with E-state index >= 15 is 0 Å². The van der Waals surface area contributed by atoms with Gasteiger partial charge in [-0.05, 0) is 27.2 Å². The van der Waals surface area contributed by atoms with Crippen LogP contribution < -0.4 is 5.32 Å². The van der Waals surface area contributed by atoms with Crippen LogP contribution in [0.25, 0.3) is 0 Å². The first kappa shape index (κ1) is 15.6. The lowest BCUT2D eigenvalue weighted by Crippen LogP contribution is -2.09. The number of ether oxygens (including phenoxy) is 1. The van der Waals surface area contributed by atoms with E-state index in [1.807, 2.05) is 25.6 Å². The number of hydrogen-bond acceptors (Lipinski definition) is 4. The molecular weight excluding hydrogens is 266 g/mol. The fraction of sp³-hybridized carbons (Fsp3) is 0.600. The van der Waals surface area contributed by atoms with Gasteiger partial charge in [-0.3, -0.25) is 4.68 Å². The topological polar surface area (TPSA) is 56.9 Å². The number of rotatable bonds is 7. The summed E-state index contributed by atoms with van der Waals surface area (Å²) in [5, 5.41) is 7.87. The molecule has 0 aliphatic heterocycles. The van der Waals surface area contributed by atoms with Crippen molar-refractivity contribution >= 4 is 5.95 Å². The second kappa shape index (κ2) is 6.76. The van der Waals surface area contributed by atoms with Crippen molar-refractivity contribution in [2.75, 3.05) is 19.0 Å². The summed E-state index contributed by atoms with van der Waals surface area (Å²) >= 11 is 0. The molecule has 1 N–H and O–H groups in total. The SMILES string of the molecule is COCCCn1cc(C)nc1NCc1c(C)nn(C)c1C. The van der Waals surface area contributed by atoms with Gasteiger partial charge in [-0.1, -0.05) is 0 Å². The third-order valence-electron chi connectivity index (χ3n) is 3.73. The summed E-state index contributed by atoms with van der Waals surface area (Å²) in [5.41, 5.74) is 4.52. The Labute approximate surface area is 126 Å². The maximum Gasteiger partial charge on any atom is 0.203 e. The van der Waals surface area contributed by atoms with Gasteiger partial charge in [0.15, 0.2) is 0 Å². The fourth-order valence-corrected chi connectivity index (χ4v) is 2.48. The summed E-state index contributed by atoms with van der Waals surface area (Å²) in [5.74, 6) is 0.909. The number of anilines is 1. The number of aryl methyl sites for hydroxylation is 4. The van der Waals surface area contributed by atoms with Crippen molar-refractivity contribution in [1.82, 2.24) is 19.3 Å². The van der Waals surface area contributed by atoms with Crippen LogP contribution in [0.15, 0.2) is 6.20 Å². The lowest BCUT2D eigenvalue weighted by molar-refractivity contribution is 0.190. The Kier molecular flexibility index (Phi) is 5.01. The molecule has 0 aromatic carbocycles. The average Bonchev–Trinajstić information content (AvgIpc) is 2.89. The second-order valence-corrected chi connectivity index (χ2v) is 5.37. The Morgan fingerprint density at radius 2 is 2.05 bits per heavy atom. The third kappa shape index (κ3) is 3.64. The zero-order valence-corrected chi connectivity index (χ0v) is 13.6. The van der Waals surface area contributed by atoms with Crippen molar-refractivity contribution in [3.63, 3.8) is 0 Å². The molecular formula is C15H25N5O. The molecule has 0 aliphatic carbocycles. The van der Waals surface area contributed by atoms with Crippen LogP contribution in [-0.2, 0) is 24.9 Å². The van der Waals surface area contributed by atoms with Crippen LogP contribution in [-0.4, -0.2) is 33.0 Å². The van der Waals surface area contributed by atoms with Gasteiger partial charge in [0.2, 0.25) is 5.95 Å². The van der Waals surface area contributed by atoms with Crippen molar-refractivity contribution < 1.29 is 4.74 Å². The lowest BCUT2D eigenvalue weighted by atomic mass is 10.2. The first-order valence-electron chi connectivity index (χ1n) is 7.28. The Balaban J connectivity index is 2.05. The van der Waals surface area contributed by atoms with Gasteiger partial charge < -0.3 is 14.6 Å². The highest BCUT2D eigenvalue weighted by Crippen LogP contribution is 2.15. The zero-order chi connectivity index (χ0) is 15.4. The minimum atomic E-state index is 0.742. The average molecular weight is 291 g/mol. The fourth-order valence-electron chi connectivity index (χ4n) is 2.48. The van der Waals surface area contributed by atoms with E-state index in [9.17, 15) is 0 Å². The largest absolute Gasteiger partial charge is 0.385 e. The summed E-state index contributed by atoms with van der Waals surface area (Å²) in [7, 11) is 3.70. The van der Waals surface area contributed by atoms with Gasteiger partial charge in [0, 0.05) is 51.3 Å². The van der Waals surface area contributed by atoms with Crippen LogP contribution in [0.4, 0.5) is 5.95 Å². The number of nitrogens with zero attached hydrogens (tertiary/aromatic N) is 4. The minimum absolute atomic E-state index is 0.742. The molecule has 0 unspecified atom stereocenters. The first-order chi connectivity index (χ1) is 10.0. The normalized spacial score (nSPS) is 11.1. The summed E-state index contributed by atoms with van der Waals surface area (Å²) in [6, 6.07) is 0. The van der Waals surface area contributed by atoms with Crippen LogP contribution in [0.1, 0.15) is 29.1 Å². The number of hydrogen-bond donors (Lipinski definition) is 1. The van der Waals surface area contributed by atoms with Crippen molar-refractivity contribution in [3.8, 4) is 0 Å². The van der Waals surface area contributed by atoms with E-state index in [0.29, 0.717) is 0 Å². The molecule has 0 fully saturated rings. The Bertz CT molecular complexity index is 599. The Morgan fingerprint density at radius 1 is 1.29 bits per heavy atom. The quantitative estimate of drug-likeness (QED) is 0.795. The molecule has 116 valence electrons. The van der Waals surface area contributed by atoms with Crippen molar-refractivity contribution in [2.45, 2.75) is 40.3 Å². The standard InChI is InChI=1S/C15H25N5O/c1-11-10-20(7-6-8-21-5)15(17-11)16-9-14-12(2)18-19(4)13(14)3/h10H,6-9H2,1-5H3,(H,16,17). The summed E-state index contributed by atoms with van der Waals surface area (Å²) in [6.45, 7) is 8.55. The molecule has 0 amide bonds. The molecule has 6 heteroatoms. The third-order valence-corrected chi connectivity index (χ3v) is 3.73. The van der Waals surface area contributed by atoms with Crippen LogP contribution in [0.2, 0.25) is 0 Å². The molecule has 0 radical (unpaired) electrons. The molecule has 0 atom stereocenters. The van der Waals surface area contributed by atoms with Gasteiger partial charge in [-0.15, -0.1) is 0 Å². The molecule has 0 saturated carbocycles. The highest BCUT2D eigenvalue weighted by Gasteiger charge is 2.11. The predicted octanol–water partition coefficient (Wildman–Crippen LogP) is 2.19. The van der Waals surface area contributed by atoms with Crippen LogP contribution >= 0.6 is 0 Å². The van der Waals surface area contributed by atoms with Gasteiger partial charge in [-0.25, -0.2) is 4.98 Å². The smallest absolute Gasteiger partial charge is 0.203 e. The van der Waals surface area contributed by atoms with Gasteiger partial charge in [0.25, 0.3) is 0 Å². The van der Waals surface area contributed by atoms with Crippen LogP contribution in [0.3, 0.4) is 0 Å². The lowest BCUT2D eigenvalue weighted by Gasteiger charge is -2.10.